The molecule has 1 aliphatic heterocycles. The van der Waals surface area contributed by atoms with Crippen LogP contribution in [0.1, 0.15) is 19.8 Å². The number of nitrogens with two attached hydrogens (primary N) is 2. The van der Waals surface area contributed by atoms with Gasteiger partial charge in [0.05, 0.1) is 12.7 Å². The van der Waals surface area contributed by atoms with E-state index in [9.17, 15) is 15.0 Å². The number of allylic oxidation sites excluding steroid dienone is 1. The molecule has 6 N–H and O–H groups in total. The van der Waals surface area contributed by atoms with Crippen LogP contribution in [0.2, 0.25) is 0 Å². The Kier molecular flexibility index (Phi) is 4.93. The molecule has 1 fully saturated rings. The number of hydrogen-bond donors (Lipinski definition) is 4. The van der Waals surface area contributed by atoms with E-state index < -0.39 is 24.0 Å². The minimum absolute atomic E-state index is 0.165. The van der Waals surface area contributed by atoms with Gasteiger partial charge in [-0.15, -0.1) is 0 Å². The third kappa shape index (κ3) is 3.25. The van der Waals surface area contributed by atoms with Crippen LogP contribution in [0.5, 0.6) is 0 Å². The first-order valence-electron chi connectivity index (χ1n) is 6.03. The Balaban J connectivity index is 2.89. The number of carbonyl (C=O) groups excluding carboxylic acids is 1. The number of carbonyl (C=O) groups is 1. The normalized spacial score (nSPS) is 30.7. The Morgan fingerprint density at radius 2 is 2.26 bits per heavy atom. The average molecular weight is 271 g/mol. The average Bonchev–Trinajstić information content (AvgIpc) is 2.66. The van der Waals surface area contributed by atoms with Crippen molar-refractivity contribution in [1.82, 2.24) is 4.90 Å². The standard InChI is InChI=1S/C12H21N3O4/c1-3-12(7-16)9(17)6-10(19-12)15(11(14)18)5-4-8(2)13/h4-5,9-10,16-17H,2-3,6-7,13H2,1H3,(H2,14,18)/b5-4-/t9-,10+,12+/m0/s1. The summed E-state index contributed by atoms with van der Waals surface area (Å²) in [7, 11) is 0. The van der Waals surface area contributed by atoms with E-state index in [4.69, 9.17) is 16.2 Å². The van der Waals surface area contributed by atoms with Crippen molar-refractivity contribution < 1.29 is 19.7 Å². The van der Waals surface area contributed by atoms with Gasteiger partial charge >= 0.3 is 6.03 Å². The predicted octanol–water partition coefficient (Wildman–Crippen LogP) is -0.398. The zero-order chi connectivity index (χ0) is 14.6. The highest BCUT2D eigenvalue weighted by Crippen LogP contribution is 2.34. The predicted molar refractivity (Wildman–Crippen MR) is 69.5 cm³/mol. The van der Waals surface area contributed by atoms with Crippen LogP contribution < -0.4 is 11.5 Å². The highest BCUT2D eigenvalue weighted by Gasteiger charge is 2.48. The first-order valence-corrected chi connectivity index (χ1v) is 6.03. The maximum absolute atomic E-state index is 11.4. The lowest BCUT2D eigenvalue weighted by Gasteiger charge is -2.30. The van der Waals surface area contributed by atoms with E-state index in [1.807, 2.05) is 0 Å². The molecule has 0 saturated carbocycles. The maximum atomic E-state index is 11.4. The van der Waals surface area contributed by atoms with Gasteiger partial charge in [-0.3, -0.25) is 4.90 Å². The van der Waals surface area contributed by atoms with E-state index in [0.29, 0.717) is 6.42 Å². The van der Waals surface area contributed by atoms with Gasteiger partial charge in [0.1, 0.15) is 11.8 Å². The van der Waals surface area contributed by atoms with E-state index in [-0.39, 0.29) is 18.7 Å². The van der Waals surface area contributed by atoms with Crippen LogP contribution >= 0.6 is 0 Å². The number of ether oxygens (including phenoxy) is 1. The van der Waals surface area contributed by atoms with Crippen molar-refractivity contribution in [3.63, 3.8) is 0 Å². The molecule has 0 spiro atoms. The number of urea groups is 1. The number of hydrogen-bond acceptors (Lipinski definition) is 5. The van der Waals surface area contributed by atoms with E-state index in [2.05, 4.69) is 6.58 Å². The Morgan fingerprint density at radius 3 is 2.63 bits per heavy atom. The number of primary amides is 1. The molecule has 0 aliphatic carbocycles. The fourth-order valence-corrected chi connectivity index (χ4v) is 2.03. The van der Waals surface area contributed by atoms with Gasteiger partial charge in [-0.25, -0.2) is 4.79 Å². The van der Waals surface area contributed by atoms with Crippen molar-refractivity contribution in [3.8, 4) is 0 Å². The monoisotopic (exact) mass is 271 g/mol. The van der Waals surface area contributed by atoms with Gasteiger partial charge in [0.2, 0.25) is 0 Å². The number of rotatable bonds is 5. The van der Waals surface area contributed by atoms with Crippen LogP contribution in [0.25, 0.3) is 0 Å². The number of nitrogens with zero attached hydrogens (tertiary/aromatic N) is 1. The van der Waals surface area contributed by atoms with Gasteiger partial charge in [-0.1, -0.05) is 13.5 Å². The molecule has 1 rings (SSSR count). The second-order valence-corrected chi connectivity index (χ2v) is 4.54. The summed E-state index contributed by atoms with van der Waals surface area (Å²) >= 11 is 0. The summed E-state index contributed by atoms with van der Waals surface area (Å²) in [5.74, 6) is 0. The van der Waals surface area contributed by atoms with E-state index in [1.165, 1.54) is 12.3 Å². The Labute approximate surface area is 112 Å². The lowest BCUT2D eigenvalue weighted by molar-refractivity contribution is -0.132. The largest absolute Gasteiger partial charge is 0.399 e. The second kappa shape index (κ2) is 6.05. The summed E-state index contributed by atoms with van der Waals surface area (Å²) in [6.07, 6.45) is 1.73. The Morgan fingerprint density at radius 1 is 1.63 bits per heavy atom. The molecule has 0 aromatic carbocycles. The van der Waals surface area contributed by atoms with Crippen LogP contribution in [-0.4, -0.2) is 45.7 Å². The van der Waals surface area contributed by atoms with Gasteiger partial charge < -0.3 is 26.4 Å². The fraction of sp³-hybridized carbons (Fsp3) is 0.583. The molecular formula is C12H21N3O4. The molecule has 2 amide bonds. The van der Waals surface area contributed by atoms with Crippen molar-refractivity contribution in [2.45, 2.75) is 37.7 Å². The van der Waals surface area contributed by atoms with Crippen LogP contribution in [-0.2, 0) is 4.74 Å². The molecule has 1 heterocycles. The molecule has 0 radical (unpaired) electrons. The van der Waals surface area contributed by atoms with Crippen molar-refractivity contribution in [3.05, 3.63) is 24.6 Å². The van der Waals surface area contributed by atoms with Gasteiger partial charge in [-0.2, -0.15) is 0 Å². The van der Waals surface area contributed by atoms with Crippen LogP contribution in [0.15, 0.2) is 24.6 Å². The maximum Gasteiger partial charge on any atom is 0.320 e. The summed E-state index contributed by atoms with van der Waals surface area (Å²) in [5.41, 5.74) is 9.84. The molecule has 0 unspecified atom stereocenters. The van der Waals surface area contributed by atoms with Crippen molar-refractivity contribution in [2.24, 2.45) is 11.5 Å². The van der Waals surface area contributed by atoms with E-state index >= 15 is 0 Å². The SMILES string of the molecule is C=C(N)/C=C\N(C(N)=O)[C@H]1C[C@H](O)[C@@](CC)(CO)O1. The topological polar surface area (TPSA) is 122 Å². The lowest BCUT2D eigenvalue weighted by Crippen LogP contribution is -2.44. The molecule has 19 heavy (non-hydrogen) atoms. The molecule has 7 nitrogen and oxygen atoms in total. The molecule has 0 aromatic rings. The van der Waals surface area contributed by atoms with Crippen molar-refractivity contribution >= 4 is 6.03 Å². The smallest absolute Gasteiger partial charge is 0.320 e. The summed E-state index contributed by atoms with van der Waals surface area (Å²) in [5, 5.41) is 19.4. The number of aliphatic hydroxyl groups excluding tert-OH is 2. The highest BCUT2D eigenvalue weighted by atomic mass is 16.6. The first kappa shape index (κ1) is 15.5. The number of amides is 2. The zero-order valence-corrected chi connectivity index (χ0v) is 11.0. The third-order valence-corrected chi connectivity index (χ3v) is 3.28. The van der Waals surface area contributed by atoms with Gasteiger partial charge in [-0.05, 0) is 12.5 Å². The van der Waals surface area contributed by atoms with Crippen LogP contribution in [0.3, 0.4) is 0 Å². The van der Waals surface area contributed by atoms with Crippen LogP contribution in [0.4, 0.5) is 4.79 Å². The minimum atomic E-state index is -1.06. The molecular weight excluding hydrogens is 250 g/mol. The van der Waals surface area contributed by atoms with Gasteiger partial charge in [0.25, 0.3) is 0 Å². The first-order chi connectivity index (χ1) is 8.86. The van der Waals surface area contributed by atoms with E-state index in [1.54, 1.807) is 6.92 Å². The minimum Gasteiger partial charge on any atom is -0.399 e. The zero-order valence-electron chi connectivity index (χ0n) is 11.0. The molecule has 0 aromatic heterocycles. The summed E-state index contributed by atoms with van der Waals surface area (Å²) in [6.45, 7) is 4.92. The third-order valence-electron chi connectivity index (χ3n) is 3.28. The highest BCUT2D eigenvalue weighted by molar-refractivity contribution is 5.73. The summed E-state index contributed by atoms with van der Waals surface area (Å²) in [6, 6.07) is -0.737. The molecule has 3 atom stereocenters. The second-order valence-electron chi connectivity index (χ2n) is 4.54. The molecule has 0 bridgehead atoms. The quantitative estimate of drug-likeness (QED) is 0.507. The van der Waals surface area contributed by atoms with Crippen molar-refractivity contribution in [1.29, 1.82) is 0 Å². The van der Waals surface area contributed by atoms with Gasteiger partial charge in [0.15, 0.2) is 0 Å². The Hall–Kier alpha value is -1.57. The molecule has 108 valence electrons. The fourth-order valence-electron chi connectivity index (χ4n) is 2.03. The number of aliphatic hydroxyl groups is 2. The summed E-state index contributed by atoms with van der Waals surface area (Å²) in [4.78, 5) is 12.5. The lowest BCUT2D eigenvalue weighted by atomic mass is 9.95. The Bertz CT molecular complexity index is 379. The molecule has 7 heteroatoms. The van der Waals surface area contributed by atoms with Crippen molar-refractivity contribution in [2.75, 3.05) is 6.61 Å². The van der Waals surface area contributed by atoms with E-state index in [0.717, 1.165) is 4.90 Å². The van der Waals surface area contributed by atoms with Gasteiger partial charge in [0, 0.05) is 18.3 Å². The van der Waals surface area contributed by atoms with Crippen LogP contribution in [0, 0.1) is 0 Å². The molecule has 1 saturated heterocycles. The molecule has 1 aliphatic rings. The summed E-state index contributed by atoms with van der Waals surface area (Å²) < 4.78 is 5.62.